The minimum absolute atomic E-state index is 0.118. The van der Waals surface area contributed by atoms with Gasteiger partial charge < -0.3 is 15.6 Å². The van der Waals surface area contributed by atoms with Crippen molar-refractivity contribution >= 4 is 0 Å². The molecule has 0 aromatic heterocycles. The molecule has 3 N–H and O–H groups in total. The van der Waals surface area contributed by atoms with Crippen LogP contribution in [-0.4, -0.2) is 54.0 Å². The van der Waals surface area contributed by atoms with E-state index >= 15 is 0 Å². The van der Waals surface area contributed by atoms with Gasteiger partial charge in [-0.05, 0) is 93.3 Å². The van der Waals surface area contributed by atoms with E-state index in [0.717, 1.165) is 43.7 Å². The number of ether oxygens (including phenoxy) is 1. The molecule has 6 rings (SSSR count). The maximum absolute atomic E-state index is 10.3. The molecule has 34 heavy (non-hydrogen) atoms. The summed E-state index contributed by atoms with van der Waals surface area (Å²) in [6.07, 6.45) is 12.5. The second kappa shape index (κ2) is 8.71. The van der Waals surface area contributed by atoms with Crippen LogP contribution in [0.3, 0.4) is 0 Å². The van der Waals surface area contributed by atoms with Crippen LogP contribution in [0.1, 0.15) is 79.1 Å². The molecule has 2 saturated carbocycles. The second-order valence-electron chi connectivity index (χ2n) is 13.4. The Labute approximate surface area is 207 Å². The molecular weight excluding hydrogens is 420 g/mol. The monoisotopic (exact) mass is 468 g/mol. The Morgan fingerprint density at radius 2 is 2.00 bits per heavy atom. The third kappa shape index (κ3) is 3.53. The number of hydrogen-bond acceptors (Lipinski definition) is 4. The number of likely N-dealkylation sites (tertiary alicyclic amines) is 1. The van der Waals surface area contributed by atoms with Crippen molar-refractivity contribution < 1.29 is 9.84 Å². The fourth-order valence-electron chi connectivity index (χ4n) is 10.1. The molecule has 2 saturated heterocycles. The predicted octanol–water partition coefficient (Wildman–Crippen LogP) is 4.92. The van der Waals surface area contributed by atoms with Crippen LogP contribution in [0.15, 0.2) is 22.8 Å². The summed E-state index contributed by atoms with van der Waals surface area (Å²) in [5, 5.41) is 10.3. The Hall–Kier alpha value is -0.680. The van der Waals surface area contributed by atoms with Crippen molar-refractivity contribution in [3.8, 4) is 0 Å². The van der Waals surface area contributed by atoms with Crippen molar-refractivity contribution in [2.45, 2.75) is 103 Å². The molecule has 0 spiro atoms. The number of fused-ring (bicyclic) bond motifs is 7. The molecule has 11 atom stereocenters. The van der Waals surface area contributed by atoms with E-state index in [2.05, 4.69) is 38.7 Å². The fraction of sp³-hybridized carbons (Fsp3) is 0.867. The maximum atomic E-state index is 10.3. The smallest absolute Gasteiger partial charge is 0.0740 e. The van der Waals surface area contributed by atoms with Gasteiger partial charge in [0.05, 0.1) is 18.3 Å². The summed E-state index contributed by atoms with van der Waals surface area (Å²) in [5.41, 5.74) is 11.4. The summed E-state index contributed by atoms with van der Waals surface area (Å²) in [7, 11) is 0. The number of aliphatic hydroxyl groups excluding tert-OH is 1. The summed E-state index contributed by atoms with van der Waals surface area (Å²) in [4.78, 5) is 2.68. The first-order valence-corrected chi connectivity index (χ1v) is 14.5. The normalized spacial score (nSPS) is 50.9. The van der Waals surface area contributed by atoms with Crippen LogP contribution in [0.25, 0.3) is 0 Å². The van der Waals surface area contributed by atoms with Gasteiger partial charge in [-0.15, -0.1) is 0 Å². The third-order valence-corrected chi connectivity index (χ3v) is 11.6. The number of rotatable bonds is 2. The van der Waals surface area contributed by atoms with E-state index in [-0.39, 0.29) is 6.10 Å². The Morgan fingerprint density at radius 3 is 2.79 bits per heavy atom. The van der Waals surface area contributed by atoms with E-state index in [9.17, 15) is 5.11 Å². The van der Waals surface area contributed by atoms with E-state index in [1.165, 1.54) is 45.1 Å². The molecule has 6 aliphatic rings. The first kappa shape index (κ1) is 23.7. The molecule has 0 aromatic rings. The lowest BCUT2D eigenvalue weighted by atomic mass is 9.56. The number of hydrogen-bond donors (Lipinski definition) is 2. The summed E-state index contributed by atoms with van der Waals surface area (Å²) >= 11 is 0. The number of nitrogens with two attached hydrogens (primary N) is 1. The Kier molecular flexibility index (Phi) is 6.07. The third-order valence-electron chi connectivity index (χ3n) is 11.6. The molecule has 4 heteroatoms. The van der Waals surface area contributed by atoms with Crippen LogP contribution in [0.4, 0.5) is 0 Å². The fourth-order valence-corrected chi connectivity index (χ4v) is 10.1. The van der Waals surface area contributed by atoms with Gasteiger partial charge in [-0.1, -0.05) is 43.6 Å². The van der Waals surface area contributed by atoms with Gasteiger partial charge in [0.15, 0.2) is 0 Å². The van der Waals surface area contributed by atoms with Crippen molar-refractivity contribution in [3.63, 3.8) is 0 Å². The average Bonchev–Trinajstić information content (AvgIpc) is 3.11. The van der Waals surface area contributed by atoms with Crippen molar-refractivity contribution in [2.75, 3.05) is 19.6 Å². The standard InChI is InChI=1S/C30H48N2O2/c1-17-13-27-29(32(16-17)12-11-31)19(3)28-18(2)24-15-25-23(22(24)7-8-26(28)34-27)6-5-20-14-21(33)9-10-30(20,25)4/h5,17,19,21-23,25-29,33H,6-16,31H2,1-4H3/t17-,19-,21-,22-,23-,25-,26-,27+,28?,29-,30-/m0/s1. The van der Waals surface area contributed by atoms with E-state index in [0.29, 0.717) is 41.4 Å². The quantitative estimate of drug-likeness (QED) is 0.565. The van der Waals surface area contributed by atoms with Crippen LogP contribution in [-0.2, 0) is 4.74 Å². The molecule has 0 radical (unpaired) electrons. The highest BCUT2D eigenvalue weighted by Gasteiger charge is 2.56. The van der Waals surface area contributed by atoms with Gasteiger partial charge in [-0.25, -0.2) is 0 Å². The number of aliphatic hydroxyl groups is 1. The lowest BCUT2D eigenvalue weighted by Crippen LogP contribution is -2.62. The lowest BCUT2D eigenvalue weighted by molar-refractivity contribution is -0.170. The zero-order valence-electron chi connectivity index (χ0n) is 22.0. The second-order valence-corrected chi connectivity index (χ2v) is 13.4. The minimum atomic E-state index is -0.118. The van der Waals surface area contributed by atoms with Crippen molar-refractivity contribution in [3.05, 3.63) is 22.8 Å². The Bertz CT molecular complexity index is 866. The zero-order chi connectivity index (χ0) is 23.8. The molecule has 0 amide bonds. The van der Waals surface area contributed by atoms with Crippen molar-refractivity contribution in [1.29, 1.82) is 0 Å². The largest absolute Gasteiger partial charge is 0.393 e. The molecule has 0 aromatic carbocycles. The summed E-state index contributed by atoms with van der Waals surface area (Å²) < 4.78 is 7.02. The first-order chi connectivity index (χ1) is 16.3. The highest BCUT2D eigenvalue weighted by molar-refractivity contribution is 5.34. The van der Waals surface area contributed by atoms with Crippen LogP contribution >= 0.6 is 0 Å². The van der Waals surface area contributed by atoms with Crippen molar-refractivity contribution in [1.82, 2.24) is 4.90 Å². The topological polar surface area (TPSA) is 58.7 Å². The van der Waals surface area contributed by atoms with E-state index in [1.54, 1.807) is 11.1 Å². The predicted molar refractivity (Wildman–Crippen MR) is 137 cm³/mol. The van der Waals surface area contributed by atoms with Crippen LogP contribution in [0.2, 0.25) is 0 Å². The number of piperidine rings is 1. The molecule has 4 nitrogen and oxygen atoms in total. The first-order valence-electron chi connectivity index (χ1n) is 14.5. The van der Waals surface area contributed by atoms with Crippen LogP contribution in [0, 0.1) is 40.9 Å². The molecule has 190 valence electrons. The average molecular weight is 469 g/mol. The SMILES string of the molecule is CC1=C2C[C@H]3[C@@H](CC=C4C[C@@H](O)CC[C@@]43C)[C@@H]2CC[C@@H]2O[C@@H]3C[C@H](C)CN(CCN)[C@H]3[C@@H](C)C12. The highest BCUT2D eigenvalue weighted by atomic mass is 16.5. The van der Waals surface area contributed by atoms with Gasteiger partial charge >= 0.3 is 0 Å². The molecule has 0 bridgehead atoms. The van der Waals surface area contributed by atoms with E-state index in [1.807, 2.05) is 5.57 Å². The van der Waals surface area contributed by atoms with Gasteiger partial charge in [0.2, 0.25) is 0 Å². The Balaban J connectivity index is 1.32. The molecular formula is C30H48N2O2. The molecule has 2 heterocycles. The van der Waals surface area contributed by atoms with Crippen LogP contribution < -0.4 is 5.73 Å². The number of nitrogens with zero attached hydrogens (tertiary/aromatic N) is 1. The van der Waals surface area contributed by atoms with Gasteiger partial charge in [0.25, 0.3) is 0 Å². The lowest BCUT2D eigenvalue weighted by Gasteiger charge is -2.54. The molecule has 4 fully saturated rings. The van der Waals surface area contributed by atoms with Gasteiger partial charge in [-0.2, -0.15) is 0 Å². The molecule has 1 unspecified atom stereocenters. The van der Waals surface area contributed by atoms with Gasteiger partial charge in [0, 0.05) is 31.6 Å². The Morgan fingerprint density at radius 1 is 1.18 bits per heavy atom. The number of allylic oxidation sites excluding steroid dienone is 2. The molecule has 2 aliphatic heterocycles. The summed E-state index contributed by atoms with van der Waals surface area (Å²) in [6, 6.07) is 0.516. The highest BCUT2D eigenvalue weighted by Crippen LogP contribution is 2.63. The van der Waals surface area contributed by atoms with Gasteiger partial charge in [-0.3, -0.25) is 4.90 Å². The van der Waals surface area contributed by atoms with Crippen LogP contribution in [0.5, 0.6) is 0 Å². The summed E-state index contributed by atoms with van der Waals surface area (Å²) in [5.74, 6) is 4.19. The van der Waals surface area contributed by atoms with Gasteiger partial charge in [0.1, 0.15) is 0 Å². The van der Waals surface area contributed by atoms with E-state index in [4.69, 9.17) is 10.5 Å². The maximum Gasteiger partial charge on any atom is 0.0740 e. The minimum Gasteiger partial charge on any atom is -0.393 e. The zero-order valence-corrected chi connectivity index (χ0v) is 22.0. The summed E-state index contributed by atoms with van der Waals surface area (Å²) in [6.45, 7) is 12.9. The van der Waals surface area contributed by atoms with E-state index < -0.39 is 0 Å². The molecule has 4 aliphatic carbocycles. The van der Waals surface area contributed by atoms with Crippen molar-refractivity contribution in [2.24, 2.45) is 46.7 Å².